The Hall–Kier alpha value is -3.26. The third-order valence-electron chi connectivity index (χ3n) is 6.81. The number of benzene rings is 1. The van der Waals surface area contributed by atoms with Gasteiger partial charge in [-0.3, -0.25) is 4.79 Å². The average molecular weight is 499 g/mol. The van der Waals surface area contributed by atoms with Gasteiger partial charge in [0.2, 0.25) is 0 Å². The summed E-state index contributed by atoms with van der Waals surface area (Å²) in [5.41, 5.74) is 2.80. The average Bonchev–Trinajstić information content (AvgIpc) is 3.40. The Morgan fingerprint density at radius 1 is 1.36 bits per heavy atom. The molecule has 0 bridgehead atoms. The number of halogens is 2. The second-order valence-corrected chi connectivity index (χ2v) is 9.93. The summed E-state index contributed by atoms with van der Waals surface area (Å²) in [5.74, 6) is 0.0918. The first-order valence-electron chi connectivity index (χ1n) is 12.1. The zero-order valence-corrected chi connectivity index (χ0v) is 20.8. The lowest BCUT2D eigenvalue weighted by molar-refractivity contribution is 0.0940. The molecule has 36 heavy (non-hydrogen) atoms. The van der Waals surface area contributed by atoms with Crippen LogP contribution in [0.4, 0.5) is 8.78 Å². The Kier molecular flexibility index (Phi) is 7.45. The number of ketones is 1. The molecule has 4 rings (SSSR count). The van der Waals surface area contributed by atoms with Crippen molar-refractivity contribution in [1.82, 2.24) is 9.61 Å². The third-order valence-corrected chi connectivity index (χ3v) is 6.81. The Balaban J connectivity index is 1.72. The van der Waals surface area contributed by atoms with Gasteiger partial charge >= 0.3 is 0 Å². The van der Waals surface area contributed by atoms with Gasteiger partial charge in [0.25, 0.3) is 6.36 Å². The Morgan fingerprint density at radius 3 is 2.72 bits per heavy atom. The van der Waals surface area contributed by atoms with Gasteiger partial charge in [0.05, 0.1) is 25.4 Å². The van der Waals surface area contributed by atoms with E-state index in [9.17, 15) is 18.7 Å². The molecule has 1 aliphatic carbocycles. The Morgan fingerprint density at radius 2 is 2.08 bits per heavy atom. The molecule has 0 amide bonds. The van der Waals surface area contributed by atoms with Gasteiger partial charge in [0, 0.05) is 23.6 Å². The fourth-order valence-corrected chi connectivity index (χ4v) is 4.30. The second-order valence-electron chi connectivity index (χ2n) is 9.93. The summed E-state index contributed by atoms with van der Waals surface area (Å²) in [5, 5.41) is 14.2. The highest BCUT2D eigenvalue weighted by Gasteiger charge is 2.36. The number of hydrogen-bond acceptors (Lipinski definition) is 5. The van der Waals surface area contributed by atoms with E-state index in [4.69, 9.17) is 9.47 Å². The van der Waals surface area contributed by atoms with E-state index in [-0.39, 0.29) is 41.8 Å². The molecule has 0 spiro atoms. The highest BCUT2D eigenvalue weighted by molar-refractivity contribution is 6.02. The summed E-state index contributed by atoms with van der Waals surface area (Å²) in [6, 6.07) is 7.15. The molecule has 3 atom stereocenters. The van der Waals surface area contributed by atoms with Crippen LogP contribution in [0, 0.1) is 5.92 Å². The SMILES string of the molecule is C=CC(F)Oc1cc(-c2cnn3cc(C(C)(C)CO)ccc23)cc(OC)c1C(=O)CCC[C@@H]1C[C@@H]1F. The number of alkyl halides is 2. The first-order chi connectivity index (χ1) is 17.2. The number of pyridine rings is 1. The van der Waals surface area contributed by atoms with Gasteiger partial charge in [-0.1, -0.05) is 26.5 Å². The number of methoxy groups -OCH3 is 1. The summed E-state index contributed by atoms with van der Waals surface area (Å²) in [6.45, 7) is 7.29. The van der Waals surface area contributed by atoms with Crippen molar-refractivity contribution in [2.75, 3.05) is 13.7 Å². The maximum Gasteiger partial charge on any atom is 0.257 e. The van der Waals surface area contributed by atoms with E-state index >= 15 is 0 Å². The van der Waals surface area contributed by atoms with Crippen LogP contribution in [0.25, 0.3) is 16.6 Å². The fourth-order valence-electron chi connectivity index (χ4n) is 4.30. The third kappa shape index (κ3) is 5.28. The lowest BCUT2D eigenvalue weighted by atomic mass is 9.87. The standard InChI is InChI=1S/C28H32F2N2O4/c1-5-26(30)36-25-13-18(12-24(35-4)27(25)23(34)8-6-7-17-11-21(17)29)20-14-31-32-15-19(9-10-22(20)32)28(2,3)16-33/h5,9-10,12-15,17,21,26,33H,1,6-8,11,16H2,2-4H3/t17-,21+,26?/m1/s1. The van der Waals surface area contributed by atoms with Crippen molar-refractivity contribution in [3.8, 4) is 22.6 Å². The molecule has 192 valence electrons. The largest absolute Gasteiger partial charge is 0.496 e. The van der Waals surface area contributed by atoms with Gasteiger partial charge in [0.1, 0.15) is 23.2 Å². The molecule has 1 aromatic carbocycles. The van der Waals surface area contributed by atoms with Crippen molar-refractivity contribution >= 4 is 11.3 Å². The van der Waals surface area contributed by atoms with Gasteiger partial charge in [0.15, 0.2) is 5.78 Å². The molecular weight excluding hydrogens is 466 g/mol. The summed E-state index contributed by atoms with van der Waals surface area (Å²) in [6.07, 6.45) is 3.87. The lowest BCUT2D eigenvalue weighted by Crippen LogP contribution is -2.22. The van der Waals surface area contributed by atoms with Gasteiger partial charge in [-0.2, -0.15) is 9.49 Å². The highest BCUT2D eigenvalue weighted by atomic mass is 19.1. The fraction of sp³-hybridized carbons (Fsp3) is 0.429. The summed E-state index contributed by atoms with van der Waals surface area (Å²) in [4.78, 5) is 13.1. The number of aliphatic hydroxyl groups excluding tert-OH is 1. The van der Waals surface area contributed by atoms with Crippen LogP contribution < -0.4 is 9.47 Å². The number of nitrogens with zero attached hydrogens (tertiary/aromatic N) is 2. The molecule has 2 aromatic heterocycles. The van der Waals surface area contributed by atoms with Crippen molar-refractivity contribution in [3.63, 3.8) is 0 Å². The molecule has 2 heterocycles. The second kappa shape index (κ2) is 10.4. The molecular formula is C28H32F2N2O4. The van der Waals surface area contributed by atoms with E-state index in [0.29, 0.717) is 24.8 Å². The summed E-state index contributed by atoms with van der Waals surface area (Å²) in [7, 11) is 1.44. The molecule has 0 aliphatic heterocycles. The molecule has 1 N–H and O–H groups in total. The van der Waals surface area contributed by atoms with Crippen LogP contribution in [0.3, 0.4) is 0 Å². The van der Waals surface area contributed by atoms with Gasteiger partial charge in [-0.05, 0) is 60.6 Å². The van der Waals surface area contributed by atoms with Gasteiger partial charge in [-0.25, -0.2) is 8.91 Å². The number of Topliss-reactive ketones (excluding diaryl/α,β-unsaturated/α-hetero) is 1. The van der Waals surface area contributed by atoms with Crippen molar-refractivity contribution in [1.29, 1.82) is 0 Å². The topological polar surface area (TPSA) is 73.1 Å². The van der Waals surface area contributed by atoms with Crippen LogP contribution in [0.2, 0.25) is 0 Å². The number of aromatic nitrogens is 2. The van der Waals surface area contributed by atoms with E-state index in [1.807, 2.05) is 32.2 Å². The maximum absolute atomic E-state index is 14.3. The number of carbonyl (C=O) groups is 1. The van der Waals surface area contributed by atoms with E-state index in [1.54, 1.807) is 22.8 Å². The molecule has 8 heteroatoms. The van der Waals surface area contributed by atoms with Crippen molar-refractivity contribution < 1.29 is 28.2 Å². The van der Waals surface area contributed by atoms with E-state index in [2.05, 4.69) is 11.7 Å². The van der Waals surface area contributed by atoms with Crippen LogP contribution in [0.5, 0.6) is 11.5 Å². The number of hydrogen-bond donors (Lipinski definition) is 1. The molecule has 0 saturated heterocycles. The van der Waals surface area contributed by atoms with Crippen LogP contribution in [0.15, 0.2) is 49.3 Å². The quantitative estimate of drug-likeness (QED) is 0.250. The predicted octanol–water partition coefficient (Wildman–Crippen LogP) is 5.85. The predicted molar refractivity (Wildman–Crippen MR) is 134 cm³/mol. The van der Waals surface area contributed by atoms with Crippen molar-refractivity contribution in [3.05, 3.63) is 60.4 Å². The minimum Gasteiger partial charge on any atom is -0.496 e. The van der Waals surface area contributed by atoms with Crippen LogP contribution in [-0.2, 0) is 5.41 Å². The molecule has 3 aromatic rings. The van der Waals surface area contributed by atoms with Gasteiger partial charge in [-0.15, -0.1) is 0 Å². The van der Waals surface area contributed by atoms with E-state index in [0.717, 1.165) is 22.7 Å². The number of ether oxygens (including phenoxy) is 2. The Bertz CT molecular complexity index is 1270. The number of aliphatic hydroxyl groups is 1. The normalized spacial score (nSPS) is 18.2. The van der Waals surface area contributed by atoms with Crippen molar-refractivity contribution in [2.45, 2.75) is 57.5 Å². The molecule has 1 unspecified atom stereocenters. The van der Waals surface area contributed by atoms with Crippen LogP contribution in [-0.4, -0.2) is 46.7 Å². The van der Waals surface area contributed by atoms with Crippen LogP contribution in [0.1, 0.15) is 55.5 Å². The number of rotatable bonds is 12. The van der Waals surface area contributed by atoms with Gasteiger partial charge < -0.3 is 14.6 Å². The zero-order chi connectivity index (χ0) is 26.0. The first kappa shape index (κ1) is 25.8. The van der Waals surface area contributed by atoms with Crippen molar-refractivity contribution in [2.24, 2.45) is 5.92 Å². The zero-order valence-electron chi connectivity index (χ0n) is 20.8. The van der Waals surface area contributed by atoms with E-state index in [1.165, 1.54) is 7.11 Å². The molecule has 1 fully saturated rings. The monoisotopic (exact) mass is 498 g/mol. The lowest BCUT2D eigenvalue weighted by Gasteiger charge is -2.22. The molecule has 1 saturated carbocycles. The van der Waals surface area contributed by atoms with Crippen LogP contribution >= 0.6 is 0 Å². The summed E-state index contributed by atoms with van der Waals surface area (Å²) >= 11 is 0. The Labute approximate surface area is 209 Å². The first-order valence-corrected chi connectivity index (χ1v) is 12.1. The molecule has 6 nitrogen and oxygen atoms in total. The summed E-state index contributed by atoms with van der Waals surface area (Å²) < 4.78 is 40.1. The molecule has 0 radical (unpaired) electrons. The highest BCUT2D eigenvalue weighted by Crippen LogP contribution is 2.40. The minimum atomic E-state index is -1.82. The number of carbonyl (C=O) groups excluding carboxylic acids is 1. The smallest absolute Gasteiger partial charge is 0.257 e. The number of fused-ring (bicyclic) bond motifs is 1. The maximum atomic E-state index is 14.3. The minimum absolute atomic E-state index is 0.0112. The molecule has 1 aliphatic rings. The van der Waals surface area contributed by atoms with E-state index < -0.39 is 17.9 Å².